The van der Waals surface area contributed by atoms with E-state index in [0.717, 1.165) is 16.8 Å². The lowest BCUT2D eigenvalue weighted by molar-refractivity contribution is -0.152. The third kappa shape index (κ3) is 3.73. The van der Waals surface area contributed by atoms with Crippen molar-refractivity contribution in [2.45, 2.75) is 26.9 Å². The van der Waals surface area contributed by atoms with Gasteiger partial charge >= 0.3 is 5.97 Å². The fourth-order valence-corrected chi connectivity index (χ4v) is 2.27. The average molecular weight is 297 g/mol. The molecule has 0 heterocycles. The highest BCUT2D eigenvalue weighted by atomic mass is 16.5. The van der Waals surface area contributed by atoms with Crippen LogP contribution in [-0.2, 0) is 14.3 Å². The number of anilines is 1. The van der Waals surface area contributed by atoms with Crippen LogP contribution in [0.2, 0.25) is 0 Å². The SMILES string of the molecule is CC(=O)OC(C(=O)Nc1c(C)cccc1C)c1ccccc1. The Hall–Kier alpha value is -2.62. The lowest BCUT2D eigenvalue weighted by Crippen LogP contribution is -2.25. The summed E-state index contributed by atoms with van der Waals surface area (Å²) in [6.45, 7) is 5.14. The number of rotatable bonds is 4. The zero-order valence-electron chi connectivity index (χ0n) is 12.9. The molecular weight excluding hydrogens is 278 g/mol. The van der Waals surface area contributed by atoms with E-state index >= 15 is 0 Å². The molecule has 0 aliphatic carbocycles. The lowest BCUT2D eigenvalue weighted by Gasteiger charge is -2.19. The molecule has 1 amide bonds. The first kappa shape index (κ1) is 15.8. The van der Waals surface area contributed by atoms with Gasteiger partial charge in [-0.2, -0.15) is 0 Å². The van der Waals surface area contributed by atoms with Crippen LogP contribution in [0.3, 0.4) is 0 Å². The van der Waals surface area contributed by atoms with E-state index in [1.807, 2.05) is 38.1 Å². The maximum atomic E-state index is 12.6. The number of nitrogens with one attached hydrogen (secondary N) is 1. The van der Waals surface area contributed by atoms with Gasteiger partial charge in [0.25, 0.3) is 5.91 Å². The standard InChI is InChI=1S/C18H19NO3/c1-12-8-7-9-13(2)16(12)19-18(21)17(22-14(3)20)15-10-5-4-6-11-15/h4-11,17H,1-3H3,(H,19,21). The smallest absolute Gasteiger partial charge is 0.303 e. The Bertz CT molecular complexity index is 660. The Balaban J connectivity index is 2.28. The van der Waals surface area contributed by atoms with Gasteiger partial charge in [0.15, 0.2) is 0 Å². The lowest BCUT2D eigenvalue weighted by atomic mass is 10.1. The van der Waals surface area contributed by atoms with Gasteiger partial charge in [-0.1, -0.05) is 48.5 Å². The molecule has 0 aliphatic heterocycles. The number of ether oxygens (including phenoxy) is 1. The first-order valence-electron chi connectivity index (χ1n) is 7.08. The van der Waals surface area contributed by atoms with E-state index < -0.39 is 12.1 Å². The second-order valence-corrected chi connectivity index (χ2v) is 5.16. The second-order valence-electron chi connectivity index (χ2n) is 5.16. The number of para-hydroxylation sites is 1. The van der Waals surface area contributed by atoms with Crippen molar-refractivity contribution in [3.05, 3.63) is 65.2 Å². The summed E-state index contributed by atoms with van der Waals surface area (Å²) in [5.41, 5.74) is 3.31. The Labute approximate surface area is 130 Å². The van der Waals surface area contributed by atoms with Gasteiger partial charge in [0.1, 0.15) is 0 Å². The van der Waals surface area contributed by atoms with Gasteiger partial charge in [-0.25, -0.2) is 0 Å². The summed E-state index contributed by atoms with van der Waals surface area (Å²) in [5.74, 6) is -0.857. The van der Waals surface area contributed by atoms with E-state index in [1.54, 1.807) is 24.3 Å². The average Bonchev–Trinajstić information content (AvgIpc) is 2.49. The number of esters is 1. The van der Waals surface area contributed by atoms with Crippen molar-refractivity contribution >= 4 is 17.6 Å². The zero-order chi connectivity index (χ0) is 16.1. The molecule has 1 atom stereocenters. The highest BCUT2D eigenvalue weighted by Gasteiger charge is 2.24. The van der Waals surface area contributed by atoms with Gasteiger partial charge in [0.05, 0.1) is 0 Å². The van der Waals surface area contributed by atoms with Crippen molar-refractivity contribution in [2.24, 2.45) is 0 Å². The van der Waals surface area contributed by atoms with Crippen molar-refractivity contribution in [3.63, 3.8) is 0 Å². The molecule has 1 N–H and O–H groups in total. The zero-order valence-corrected chi connectivity index (χ0v) is 12.9. The minimum atomic E-state index is -0.960. The molecule has 0 bridgehead atoms. The van der Waals surface area contributed by atoms with E-state index in [4.69, 9.17) is 4.74 Å². The third-order valence-corrected chi connectivity index (χ3v) is 3.35. The minimum Gasteiger partial charge on any atom is -0.447 e. The van der Waals surface area contributed by atoms with Crippen molar-refractivity contribution in [3.8, 4) is 0 Å². The first-order valence-corrected chi connectivity index (χ1v) is 7.08. The van der Waals surface area contributed by atoms with Crippen molar-refractivity contribution in [2.75, 3.05) is 5.32 Å². The topological polar surface area (TPSA) is 55.4 Å². The Kier molecular flexibility index (Phi) is 4.94. The number of hydrogen-bond acceptors (Lipinski definition) is 3. The number of benzene rings is 2. The van der Waals surface area contributed by atoms with Crippen LogP contribution in [0.25, 0.3) is 0 Å². The molecule has 0 fully saturated rings. The molecule has 4 heteroatoms. The molecular formula is C18H19NO3. The van der Waals surface area contributed by atoms with Crippen molar-refractivity contribution in [1.29, 1.82) is 0 Å². The van der Waals surface area contributed by atoms with E-state index in [0.29, 0.717) is 5.56 Å². The van der Waals surface area contributed by atoms with Gasteiger partial charge in [0, 0.05) is 18.2 Å². The molecule has 4 nitrogen and oxygen atoms in total. The van der Waals surface area contributed by atoms with Gasteiger partial charge in [-0.3, -0.25) is 9.59 Å². The molecule has 22 heavy (non-hydrogen) atoms. The van der Waals surface area contributed by atoms with Crippen LogP contribution in [0.15, 0.2) is 48.5 Å². The van der Waals surface area contributed by atoms with Crippen LogP contribution in [0, 0.1) is 13.8 Å². The quantitative estimate of drug-likeness (QED) is 0.878. The number of aryl methyl sites for hydroxylation is 2. The maximum absolute atomic E-state index is 12.6. The second kappa shape index (κ2) is 6.89. The number of hydrogen-bond donors (Lipinski definition) is 1. The summed E-state index contributed by atoms with van der Waals surface area (Å²) in [7, 11) is 0. The summed E-state index contributed by atoms with van der Waals surface area (Å²) in [6.07, 6.45) is -0.960. The molecule has 0 radical (unpaired) electrons. The van der Waals surface area contributed by atoms with Crippen molar-refractivity contribution in [1.82, 2.24) is 0 Å². The first-order chi connectivity index (χ1) is 10.5. The highest BCUT2D eigenvalue weighted by Crippen LogP contribution is 2.24. The van der Waals surface area contributed by atoms with Gasteiger partial charge in [0.2, 0.25) is 6.10 Å². The predicted molar refractivity (Wildman–Crippen MR) is 85.5 cm³/mol. The molecule has 0 aromatic heterocycles. The monoisotopic (exact) mass is 297 g/mol. The highest BCUT2D eigenvalue weighted by molar-refractivity contribution is 5.97. The van der Waals surface area contributed by atoms with E-state index in [2.05, 4.69) is 5.32 Å². The van der Waals surface area contributed by atoms with Crippen LogP contribution in [0.1, 0.15) is 29.7 Å². The fraction of sp³-hybridized carbons (Fsp3) is 0.222. The fourth-order valence-electron chi connectivity index (χ4n) is 2.27. The third-order valence-electron chi connectivity index (χ3n) is 3.35. The molecule has 2 aromatic carbocycles. The van der Waals surface area contributed by atoms with Crippen molar-refractivity contribution < 1.29 is 14.3 Å². The molecule has 114 valence electrons. The van der Waals surface area contributed by atoms with Gasteiger partial charge in [-0.05, 0) is 25.0 Å². The van der Waals surface area contributed by atoms with Crippen LogP contribution < -0.4 is 5.32 Å². The van der Waals surface area contributed by atoms with Crippen LogP contribution in [0.5, 0.6) is 0 Å². The Morgan fingerprint density at radius 2 is 1.55 bits per heavy atom. The summed E-state index contributed by atoms with van der Waals surface area (Å²) >= 11 is 0. The summed E-state index contributed by atoms with van der Waals surface area (Å²) in [5, 5.41) is 2.87. The Morgan fingerprint density at radius 3 is 2.09 bits per heavy atom. The van der Waals surface area contributed by atoms with Crippen LogP contribution in [0.4, 0.5) is 5.69 Å². The van der Waals surface area contributed by atoms with E-state index in [9.17, 15) is 9.59 Å². The summed E-state index contributed by atoms with van der Waals surface area (Å²) in [4.78, 5) is 23.9. The number of carbonyl (C=O) groups excluding carboxylic acids is 2. The molecule has 0 aliphatic rings. The molecule has 1 unspecified atom stereocenters. The van der Waals surface area contributed by atoms with Crippen LogP contribution >= 0.6 is 0 Å². The largest absolute Gasteiger partial charge is 0.447 e. The molecule has 0 spiro atoms. The molecule has 0 saturated carbocycles. The van der Waals surface area contributed by atoms with Gasteiger partial charge in [-0.15, -0.1) is 0 Å². The normalized spacial score (nSPS) is 11.6. The molecule has 2 aromatic rings. The Morgan fingerprint density at radius 1 is 0.955 bits per heavy atom. The number of carbonyl (C=O) groups is 2. The number of amides is 1. The van der Waals surface area contributed by atoms with Crippen LogP contribution in [-0.4, -0.2) is 11.9 Å². The maximum Gasteiger partial charge on any atom is 0.303 e. The van der Waals surface area contributed by atoms with E-state index in [-0.39, 0.29) is 5.91 Å². The summed E-state index contributed by atoms with van der Waals surface area (Å²) in [6, 6.07) is 14.8. The molecule has 0 saturated heterocycles. The predicted octanol–water partition coefficient (Wildman–Crippen LogP) is 3.55. The van der Waals surface area contributed by atoms with E-state index in [1.165, 1.54) is 6.92 Å². The summed E-state index contributed by atoms with van der Waals surface area (Å²) < 4.78 is 5.20. The molecule has 2 rings (SSSR count). The minimum absolute atomic E-state index is 0.362. The van der Waals surface area contributed by atoms with Gasteiger partial charge < -0.3 is 10.1 Å².